The number of hydrogen-bond donors (Lipinski definition) is 0. The lowest BCUT2D eigenvalue weighted by Crippen LogP contribution is -1.86. The van der Waals surface area contributed by atoms with Gasteiger partial charge in [0.05, 0.1) is 9.30 Å². The molecule has 1 heteroatoms. The van der Waals surface area contributed by atoms with Gasteiger partial charge in [-0.15, -0.1) is 0 Å². The normalized spacial score (nSPS) is 21.1. The molecule has 1 nitrogen and oxygen atoms in total. The van der Waals surface area contributed by atoms with E-state index in [1.807, 2.05) is 12.1 Å². The maximum absolute atomic E-state index is 7.45. The zero-order valence-corrected chi connectivity index (χ0v) is 6.13. The second kappa shape index (κ2) is 2.42. The van der Waals surface area contributed by atoms with Crippen LogP contribution in [0.1, 0.15) is 13.9 Å². The molecule has 0 spiro atoms. The summed E-state index contributed by atoms with van der Waals surface area (Å²) in [5, 5.41) is 0. The Bertz CT molecular complexity index is 358. The number of hydrogen-bond acceptors (Lipinski definition) is 1. The van der Waals surface area contributed by atoms with Crippen molar-refractivity contribution in [1.29, 1.82) is 0 Å². The summed E-state index contributed by atoms with van der Waals surface area (Å²) in [5.74, 6) is 0.641. The van der Waals surface area contributed by atoms with Crippen LogP contribution in [0.3, 0.4) is 0 Å². The fourth-order valence-electron chi connectivity index (χ4n) is 1.24. The molecule has 0 saturated heterocycles. The first-order valence-electron chi connectivity index (χ1n) is 4.56. The summed E-state index contributed by atoms with van der Waals surface area (Å²) in [7, 11) is 0. The monoisotopic (exact) mass is 148 g/mol. The van der Waals surface area contributed by atoms with Gasteiger partial charge < -0.3 is 4.74 Å². The van der Waals surface area contributed by atoms with Crippen molar-refractivity contribution >= 4 is 6.08 Å². The van der Waals surface area contributed by atoms with Crippen LogP contribution in [-0.4, -0.2) is 6.56 Å². The van der Waals surface area contributed by atoms with Gasteiger partial charge in [0.2, 0.25) is 0 Å². The van der Waals surface area contributed by atoms with Crippen LogP contribution in [0.5, 0.6) is 5.75 Å². The first-order valence-corrected chi connectivity index (χ1v) is 3.56. The minimum atomic E-state index is -1.55. The maximum Gasteiger partial charge on any atom is 0.123 e. The van der Waals surface area contributed by atoms with Gasteiger partial charge in [-0.3, -0.25) is 0 Å². The van der Waals surface area contributed by atoms with Crippen LogP contribution in [0.4, 0.5) is 0 Å². The third-order valence-corrected chi connectivity index (χ3v) is 1.82. The van der Waals surface area contributed by atoms with Crippen LogP contribution in [0.25, 0.3) is 6.08 Å². The quantitative estimate of drug-likeness (QED) is 0.593. The number of fused-ring (bicyclic) bond motifs is 1. The van der Waals surface area contributed by atoms with E-state index in [1.165, 1.54) is 0 Å². The zero-order valence-electron chi connectivity index (χ0n) is 8.13. The van der Waals surface area contributed by atoms with Gasteiger partial charge in [-0.2, -0.15) is 0 Å². The standard InChI is InChI=1S/C10H10O/c1-2-8-4-3-5-10-9(8)6-7-11-10/h2-5H,1,6-7H2/i7D2. The smallest absolute Gasteiger partial charge is 0.123 e. The molecule has 0 aromatic heterocycles. The molecule has 0 unspecified atom stereocenters. The molecule has 1 heterocycles. The van der Waals surface area contributed by atoms with Crippen molar-refractivity contribution in [3.8, 4) is 5.75 Å². The summed E-state index contributed by atoms with van der Waals surface area (Å²) in [6, 6.07) is 5.54. The molecule has 0 amide bonds. The molecule has 1 aromatic rings. The fourth-order valence-corrected chi connectivity index (χ4v) is 1.24. The Morgan fingerprint density at radius 3 is 3.36 bits per heavy atom. The molecule has 1 aliphatic rings. The van der Waals surface area contributed by atoms with E-state index in [4.69, 9.17) is 7.48 Å². The summed E-state index contributed by atoms with van der Waals surface area (Å²) in [6.07, 6.45) is 2.04. The van der Waals surface area contributed by atoms with Crippen molar-refractivity contribution in [3.05, 3.63) is 35.9 Å². The van der Waals surface area contributed by atoms with E-state index in [9.17, 15) is 0 Å². The third-order valence-electron chi connectivity index (χ3n) is 1.82. The molecule has 0 aliphatic carbocycles. The van der Waals surface area contributed by atoms with Crippen molar-refractivity contribution in [1.82, 2.24) is 0 Å². The molecule has 56 valence electrons. The SMILES string of the molecule is [2H]C1([2H])Cc2c(C=C)cccc2O1. The van der Waals surface area contributed by atoms with E-state index in [2.05, 4.69) is 6.58 Å². The number of ether oxygens (including phenoxy) is 1. The lowest BCUT2D eigenvalue weighted by molar-refractivity contribution is 0.357. The van der Waals surface area contributed by atoms with Gasteiger partial charge in [0.25, 0.3) is 0 Å². The van der Waals surface area contributed by atoms with Gasteiger partial charge >= 0.3 is 0 Å². The Balaban J connectivity index is 2.51. The topological polar surface area (TPSA) is 9.23 Å². The van der Waals surface area contributed by atoms with Gasteiger partial charge in [0.1, 0.15) is 5.75 Å². The largest absolute Gasteiger partial charge is 0.493 e. The fraction of sp³-hybridized carbons (Fsp3) is 0.200. The summed E-state index contributed by atoms with van der Waals surface area (Å²) >= 11 is 0. The lowest BCUT2D eigenvalue weighted by Gasteiger charge is -2.00. The van der Waals surface area contributed by atoms with Crippen molar-refractivity contribution in [2.24, 2.45) is 0 Å². The molecular weight excluding hydrogens is 136 g/mol. The van der Waals surface area contributed by atoms with Crippen molar-refractivity contribution in [2.75, 3.05) is 6.56 Å². The molecule has 11 heavy (non-hydrogen) atoms. The summed E-state index contributed by atoms with van der Waals surface area (Å²) in [6.45, 7) is 2.12. The third kappa shape index (κ3) is 0.929. The molecular formula is C10H10O. The Labute approximate surface area is 69.1 Å². The van der Waals surface area contributed by atoms with Gasteiger partial charge in [-0.25, -0.2) is 0 Å². The predicted octanol–water partition coefficient (Wildman–Crippen LogP) is 2.26. The highest BCUT2D eigenvalue weighted by Gasteiger charge is 2.13. The number of benzene rings is 1. The van der Waals surface area contributed by atoms with Crippen LogP contribution in [0.2, 0.25) is 0 Å². The lowest BCUT2D eigenvalue weighted by atomic mass is 10.1. The average molecular weight is 148 g/mol. The Hall–Kier alpha value is -1.24. The van der Waals surface area contributed by atoms with E-state index < -0.39 is 6.56 Å². The molecule has 1 aromatic carbocycles. The van der Waals surface area contributed by atoms with E-state index in [0.29, 0.717) is 12.2 Å². The van der Waals surface area contributed by atoms with Crippen molar-refractivity contribution in [2.45, 2.75) is 6.42 Å². The van der Waals surface area contributed by atoms with Crippen LogP contribution < -0.4 is 4.74 Å². The maximum atomic E-state index is 7.45. The van der Waals surface area contributed by atoms with E-state index in [-0.39, 0.29) is 0 Å². The first kappa shape index (κ1) is 4.60. The van der Waals surface area contributed by atoms with Crippen molar-refractivity contribution in [3.63, 3.8) is 0 Å². The van der Waals surface area contributed by atoms with Crippen LogP contribution in [0.15, 0.2) is 24.8 Å². The van der Waals surface area contributed by atoms with E-state index >= 15 is 0 Å². The van der Waals surface area contributed by atoms with Gasteiger partial charge in [0.15, 0.2) is 0 Å². The average Bonchev–Trinajstić information content (AvgIpc) is 2.37. The summed E-state index contributed by atoms with van der Waals surface area (Å²) in [4.78, 5) is 0. The van der Waals surface area contributed by atoms with E-state index in [1.54, 1.807) is 12.1 Å². The predicted molar refractivity (Wildman–Crippen MR) is 45.7 cm³/mol. The van der Waals surface area contributed by atoms with Gasteiger partial charge in [0, 0.05) is 12.0 Å². The molecule has 0 radical (unpaired) electrons. The highest BCUT2D eigenvalue weighted by Crippen LogP contribution is 2.28. The Morgan fingerprint density at radius 2 is 2.55 bits per heavy atom. The highest BCUT2D eigenvalue weighted by molar-refractivity contribution is 5.57. The Morgan fingerprint density at radius 1 is 1.64 bits per heavy atom. The van der Waals surface area contributed by atoms with Crippen LogP contribution >= 0.6 is 0 Å². The molecule has 0 fully saturated rings. The molecule has 1 aliphatic heterocycles. The van der Waals surface area contributed by atoms with Crippen molar-refractivity contribution < 1.29 is 7.48 Å². The second-order valence-electron chi connectivity index (χ2n) is 2.45. The summed E-state index contributed by atoms with van der Waals surface area (Å²) in [5.41, 5.74) is 1.88. The van der Waals surface area contributed by atoms with E-state index in [0.717, 1.165) is 11.1 Å². The van der Waals surface area contributed by atoms with Gasteiger partial charge in [-0.05, 0) is 11.6 Å². The molecule has 0 bridgehead atoms. The highest BCUT2D eigenvalue weighted by atomic mass is 16.5. The number of rotatable bonds is 1. The van der Waals surface area contributed by atoms with Gasteiger partial charge in [-0.1, -0.05) is 24.8 Å². The molecule has 0 saturated carbocycles. The van der Waals surface area contributed by atoms with Crippen LogP contribution in [-0.2, 0) is 6.42 Å². The molecule has 0 atom stereocenters. The Kier molecular flexibility index (Phi) is 1.01. The first-order chi connectivity index (χ1) is 6.12. The zero-order chi connectivity index (χ0) is 9.47. The minimum Gasteiger partial charge on any atom is -0.493 e. The minimum absolute atomic E-state index is 0.310. The molecule has 0 N–H and O–H groups in total. The second-order valence-corrected chi connectivity index (χ2v) is 2.45. The van der Waals surface area contributed by atoms with Crippen LogP contribution in [0, 0.1) is 0 Å². The summed E-state index contributed by atoms with van der Waals surface area (Å²) < 4.78 is 20.0. The molecule has 2 rings (SSSR count).